The molecule has 0 radical (unpaired) electrons. The van der Waals surface area contributed by atoms with Crippen LogP contribution in [-0.4, -0.2) is 68.7 Å². The fourth-order valence-corrected chi connectivity index (χ4v) is 4.16. The number of likely N-dealkylation sites (tertiary alicyclic amines) is 1. The van der Waals surface area contributed by atoms with Crippen molar-refractivity contribution in [2.45, 2.75) is 24.9 Å². The number of nitrogens with zero attached hydrogens (tertiary/aromatic N) is 2. The summed E-state index contributed by atoms with van der Waals surface area (Å²) in [7, 11) is 5.25. The Kier molecular flexibility index (Phi) is 5.41. The topological polar surface area (TPSA) is 54.0 Å². The molecule has 0 aliphatic carbocycles. The highest BCUT2D eigenvalue weighted by Gasteiger charge is 2.46. The summed E-state index contributed by atoms with van der Waals surface area (Å²) in [5.74, 6) is 1.38. The lowest BCUT2D eigenvalue weighted by atomic mass is 9.83. The highest BCUT2D eigenvalue weighted by molar-refractivity contribution is 6.33. The third kappa shape index (κ3) is 3.30. The maximum atomic E-state index is 12.4. The Morgan fingerprint density at radius 3 is 2.52 bits per heavy atom. The predicted octanol–water partition coefficient (Wildman–Crippen LogP) is 1.75. The van der Waals surface area contributed by atoms with Crippen LogP contribution in [-0.2, 0) is 11.3 Å². The number of benzene rings is 1. The number of hydrogen-bond donors (Lipinski definition) is 1. The first kappa shape index (κ1) is 18.3. The molecule has 1 spiro atoms. The fourth-order valence-electron chi connectivity index (χ4n) is 3.87. The van der Waals surface area contributed by atoms with Crippen LogP contribution in [0.15, 0.2) is 12.1 Å². The largest absolute Gasteiger partial charge is 0.493 e. The fraction of sp³-hybridized carbons (Fsp3) is 0.611. The Hall–Kier alpha value is -1.50. The van der Waals surface area contributed by atoms with E-state index in [2.05, 4.69) is 22.2 Å². The molecule has 25 heavy (non-hydrogen) atoms. The molecule has 0 atom stereocenters. The molecule has 6 nitrogen and oxygen atoms in total. The zero-order chi connectivity index (χ0) is 18.0. The Balaban J connectivity index is 1.69. The molecule has 0 saturated carbocycles. The van der Waals surface area contributed by atoms with Gasteiger partial charge in [0.15, 0.2) is 11.5 Å². The molecule has 3 rings (SSSR count). The van der Waals surface area contributed by atoms with E-state index in [1.165, 1.54) is 0 Å². The molecule has 138 valence electrons. The highest BCUT2D eigenvalue weighted by atomic mass is 35.5. The number of methoxy groups -OCH3 is 2. The van der Waals surface area contributed by atoms with Gasteiger partial charge in [-0.2, -0.15) is 0 Å². The van der Waals surface area contributed by atoms with Gasteiger partial charge in [-0.1, -0.05) is 17.7 Å². The van der Waals surface area contributed by atoms with Crippen molar-refractivity contribution >= 4 is 17.5 Å². The third-order valence-corrected chi connectivity index (χ3v) is 5.94. The molecule has 2 heterocycles. The number of likely N-dealkylation sites (N-methyl/N-ethyl adjacent to an activating group) is 1. The Bertz CT molecular complexity index is 645. The molecule has 2 fully saturated rings. The standard InChI is InChI=1S/C18H26ClN3O3/c1-21-11-8-20-17(23)18(21)6-9-22(10-7-18)12-13-4-5-14(24-2)16(25-3)15(13)19/h4-5H,6-12H2,1-3H3,(H,20,23). The minimum absolute atomic E-state index is 0.171. The van der Waals surface area contributed by atoms with Crippen LogP contribution >= 0.6 is 11.6 Å². The first-order valence-corrected chi connectivity index (χ1v) is 9.01. The monoisotopic (exact) mass is 367 g/mol. The first-order valence-electron chi connectivity index (χ1n) is 8.63. The molecule has 1 N–H and O–H groups in total. The summed E-state index contributed by atoms with van der Waals surface area (Å²) >= 11 is 6.50. The molecular weight excluding hydrogens is 342 g/mol. The van der Waals surface area contributed by atoms with Crippen LogP contribution in [0.4, 0.5) is 0 Å². The lowest BCUT2D eigenvalue weighted by molar-refractivity contribution is -0.140. The van der Waals surface area contributed by atoms with Gasteiger partial charge in [0.05, 0.1) is 19.2 Å². The minimum atomic E-state index is -0.351. The Morgan fingerprint density at radius 1 is 1.20 bits per heavy atom. The van der Waals surface area contributed by atoms with E-state index in [1.807, 2.05) is 12.1 Å². The van der Waals surface area contributed by atoms with Crippen molar-refractivity contribution in [3.63, 3.8) is 0 Å². The van der Waals surface area contributed by atoms with Gasteiger partial charge in [-0.3, -0.25) is 14.6 Å². The maximum absolute atomic E-state index is 12.4. The van der Waals surface area contributed by atoms with Crippen molar-refractivity contribution in [3.8, 4) is 11.5 Å². The van der Waals surface area contributed by atoms with Gasteiger partial charge in [0.2, 0.25) is 5.91 Å². The molecule has 0 unspecified atom stereocenters. The van der Waals surface area contributed by atoms with Crippen molar-refractivity contribution in [2.24, 2.45) is 0 Å². The molecule has 2 saturated heterocycles. The van der Waals surface area contributed by atoms with Crippen molar-refractivity contribution in [2.75, 3.05) is 47.4 Å². The van der Waals surface area contributed by atoms with E-state index in [0.717, 1.165) is 51.1 Å². The number of halogens is 1. The molecule has 1 amide bonds. The van der Waals surface area contributed by atoms with Gasteiger partial charge >= 0.3 is 0 Å². The summed E-state index contributed by atoms with van der Waals surface area (Å²) in [6.07, 6.45) is 1.67. The minimum Gasteiger partial charge on any atom is -0.493 e. The smallest absolute Gasteiger partial charge is 0.240 e. The summed E-state index contributed by atoms with van der Waals surface area (Å²) < 4.78 is 10.7. The molecule has 2 aliphatic heterocycles. The van der Waals surface area contributed by atoms with E-state index in [1.54, 1.807) is 14.2 Å². The number of carbonyl (C=O) groups is 1. The van der Waals surface area contributed by atoms with E-state index >= 15 is 0 Å². The van der Waals surface area contributed by atoms with E-state index < -0.39 is 0 Å². The molecule has 0 aromatic heterocycles. The highest BCUT2D eigenvalue weighted by Crippen LogP contribution is 2.38. The number of piperazine rings is 1. The van der Waals surface area contributed by atoms with Gasteiger partial charge in [0.1, 0.15) is 5.54 Å². The van der Waals surface area contributed by atoms with E-state index in [9.17, 15) is 4.79 Å². The second kappa shape index (κ2) is 7.40. The van der Waals surface area contributed by atoms with Crippen molar-refractivity contribution < 1.29 is 14.3 Å². The number of amides is 1. The van der Waals surface area contributed by atoms with E-state index in [4.69, 9.17) is 21.1 Å². The van der Waals surface area contributed by atoms with Crippen molar-refractivity contribution in [1.82, 2.24) is 15.1 Å². The summed E-state index contributed by atoms with van der Waals surface area (Å²) in [4.78, 5) is 17.0. The lowest BCUT2D eigenvalue weighted by Crippen LogP contribution is -2.66. The predicted molar refractivity (Wildman–Crippen MR) is 97.4 cm³/mol. The second-order valence-electron chi connectivity index (χ2n) is 6.76. The third-order valence-electron chi connectivity index (χ3n) is 5.53. The van der Waals surface area contributed by atoms with Gasteiger partial charge in [-0.05, 0) is 31.5 Å². The van der Waals surface area contributed by atoms with E-state index in [-0.39, 0.29) is 11.4 Å². The quantitative estimate of drug-likeness (QED) is 0.878. The normalized spacial score (nSPS) is 21.2. The average Bonchev–Trinajstić information content (AvgIpc) is 2.62. The van der Waals surface area contributed by atoms with Gasteiger partial charge < -0.3 is 14.8 Å². The van der Waals surface area contributed by atoms with Crippen LogP contribution in [0.2, 0.25) is 5.02 Å². The van der Waals surface area contributed by atoms with Crippen LogP contribution in [0.5, 0.6) is 11.5 Å². The SMILES string of the molecule is COc1ccc(CN2CCC3(CC2)C(=O)NCCN3C)c(Cl)c1OC. The molecule has 0 bridgehead atoms. The molecule has 2 aliphatic rings. The molecule has 7 heteroatoms. The van der Waals surface area contributed by atoms with Gasteiger partial charge in [0, 0.05) is 32.7 Å². The summed E-state index contributed by atoms with van der Waals surface area (Å²) in [5.41, 5.74) is 0.660. The number of rotatable bonds is 4. The Morgan fingerprint density at radius 2 is 1.92 bits per heavy atom. The van der Waals surface area contributed by atoms with Crippen LogP contribution in [0.25, 0.3) is 0 Å². The number of nitrogens with one attached hydrogen (secondary N) is 1. The van der Waals surface area contributed by atoms with Crippen LogP contribution in [0.3, 0.4) is 0 Å². The maximum Gasteiger partial charge on any atom is 0.240 e. The lowest BCUT2D eigenvalue weighted by Gasteiger charge is -2.48. The van der Waals surface area contributed by atoms with Crippen LogP contribution < -0.4 is 14.8 Å². The van der Waals surface area contributed by atoms with Gasteiger partial charge in [-0.15, -0.1) is 0 Å². The number of piperidine rings is 1. The van der Waals surface area contributed by atoms with Crippen molar-refractivity contribution in [1.29, 1.82) is 0 Å². The molecular formula is C18H26ClN3O3. The number of hydrogen-bond acceptors (Lipinski definition) is 5. The molecule has 1 aromatic rings. The Labute approximate surface area is 154 Å². The zero-order valence-corrected chi connectivity index (χ0v) is 15.9. The average molecular weight is 368 g/mol. The van der Waals surface area contributed by atoms with Gasteiger partial charge in [0.25, 0.3) is 0 Å². The zero-order valence-electron chi connectivity index (χ0n) is 15.1. The molecule has 1 aromatic carbocycles. The summed E-state index contributed by atoms with van der Waals surface area (Å²) in [5, 5.41) is 3.62. The summed E-state index contributed by atoms with van der Waals surface area (Å²) in [6.45, 7) is 4.11. The first-order chi connectivity index (χ1) is 12.0. The second-order valence-corrected chi connectivity index (χ2v) is 7.14. The number of ether oxygens (including phenoxy) is 2. The van der Waals surface area contributed by atoms with Crippen LogP contribution in [0, 0.1) is 0 Å². The summed E-state index contributed by atoms with van der Waals surface area (Å²) in [6, 6.07) is 3.86. The van der Waals surface area contributed by atoms with Crippen LogP contribution in [0.1, 0.15) is 18.4 Å². The van der Waals surface area contributed by atoms with Crippen molar-refractivity contribution in [3.05, 3.63) is 22.7 Å². The van der Waals surface area contributed by atoms with Gasteiger partial charge in [-0.25, -0.2) is 0 Å². The number of carbonyl (C=O) groups excluding carboxylic acids is 1. The van der Waals surface area contributed by atoms with E-state index in [0.29, 0.717) is 16.5 Å².